The maximum absolute atomic E-state index is 4.94. The van der Waals surface area contributed by atoms with E-state index in [0.29, 0.717) is 0 Å². The van der Waals surface area contributed by atoms with E-state index in [9.17, 15) is 0 Å². The minimum absolute atomic E-state index is 1.15. The highest BCUT2D eigenvalue weighted by molar-refractivity contribution is 7.54. The van der Waals surface area contributed by atoms with Gasteiger partial charge in [-0.1, -0.05) is 19.4 Å². The molecule has 1 rings (SSSR count). The Morgan fingerprint density at radius 3 is 2.00 bits per heavy atom. The van der Waals surface area contributed by atoms with Crippen molar-refractivity contribution in [2.75, 3.05) is 0 Å². The molecule has 5 heteroatoms. The van der Waals surface area contributed by atoms with E-state index in [-0.39, 0.29) is 0 Å². The van der Waals surface area contributed by atoms with E-state index in [1.807, 2.05) is 6.07 Å². The van der Waals surface area contributed by atoms with Gasteiger partial charge in [0.25, 0.3) is 0 Å². The van der Waals surface area contributed by atoms with Gasteiger partial charge in [0.1, 0.15) is 6.54 Å². The van der Waals surface area contributed by atoms with E-state index in [2.05, 4.69) is 36.0 Å². The van der Waals surface area contributed by atoms with Gasteiger partial charge in [-0.3, -0.25) is 0 Å². The number of halogens is 3. The van der Waals surface area contributed by atoms with Crippen LogP contribution in [0.1, 0.15) is 19.8 Å². The highest BCUT2D eigenvalue weighted by Gasteiger charge is 2.00. The predicted octanol–water partition coefficient (Wildman–Crippen LogP) is 3.46. The average Bonchev–Trinajstić information content (AvgIpc) is 2.15. The summed E-state index contributed by atoms with van der Waals surface area (Å²) in [6.45, 7) is 3.36. The van der Waals surface area contributed by atoms with E-state index in [0.717, 1.165) is 6.54 Å². The smallest absolute Gasteiger partial charge is 0.214 e. The highest BCUT2D eigenvalue weighted by atomic mass is 35.8. The third-order valence-electron chi connectivity index (χ3n) is 1.55. The molecule has 0 fully saturated rings. The van der Waals surface area contributed by atoms with Crippen LogP contribution in [-0.4, -0.2) is 11.4 Å². The summed E-state index contributed by atoms with van der Waals surface area (Å²) in [6, 6.07) is 6.17. The molecule has 0 radical (unpaired) electrons. The fourth-order valence-electron chi connectivity index (χ4n) is 0.924. The third-order valence-corrected chi connectivity index (χ3v) is 1.55. The number of aryl methyl sites for hydroxylation is 1. The van der Waals surface area contributed by atoms with Gasteiger partial charge < -0.3 is 0 Å². The molecular weight excluding hydrogens is 255 g/mol. The average molecular weight is 270 g/mol. The van der Waals surface area contributed by atoms with E-state index in [4.69, 9.17) is 30.1 Å². The van der Waals surface area contributed by atoms with Crippen molar-refractivity contribution in [3.63, 3.8) is 0 Å². The fraction of sp³-hybridized carbons (Fsp3) is 0.444. The Morgan fingerprint density at radius 1 is 1.07 bits per heavy atom. The first-order chi connectivity index (χ1) is 6.66. The molecule has 0 bridgehead atoms. The first kappa shape index (κ1) is 14.6. The molecule has 0 aliphatic carbocycles. The number of pyridine rings is 1. The molecule has 0 atom stereocenters. The van der Waals surface area contributed by atoms with Gasteiger partial charge in [0.2, 0.25) is 0 Å². The zero-order valence-corrected chi connectivity index (χ0v) is 11.6. The summed E-state index contributed by atoms with van der Waals surface area (Å²) < 4.78 is 2.21. The molecular formula is C9H14AlCl3N+. The van der Waals surface area contributed by atoms with Gasteiger partial charge in [0.05, 0.1) is 0 Å². The number of nitrogens with zero attached hydrogens (tertiary/aromatic N) is 1. The Kier molecular flexibility index (Phi) is 10.5. The van der Waals surface area contributed by atoms with Gasteiger partial charge in [-0.05, 0) is 0 Å². The van der Waals surface area contributed by atoms with E-state index in [1.54, 1.807) is 0 Å². The van der Waals surface area contributed by atoms with Crippen molar-refractivity contribution < 1.29 is 4.57 Å². The molecule has 0 unspecified atom stereocenters. The zero-order valence-electron chi connectivity index (χ0n) is 8.17. The second-order valence-electron chi connectivity index (χ2n) is 2.71. The number of hydrogen-bond donors (Lipinski definition) is 0. The quantitative estimate of drug-likeness (QED) is 0.584. The first-order valence-corrected chi connectivity index (χ1v) is 9.76. The molecule has 0 saturated carbocycles. The lowest BCUT2D eigenvalue weighted by Gasteiger charge is -1.91. The minimum atomic E-state index is -1.72. The number of rotatable bonds is 3. The predicted molar refractivity (Wildman–Crippen MR) is 64.9 cm³/mol. The number of unbranched alkanes of at least 4 members (excludes halogenated alkanes) is 1. The van der Waals surface area contributed by atoms with E-state index >= 15 is 0 Å². The monoisotopic (exact) mass is 268 g/mol. The second kappa shape index (κ2) is 10.1. The van der Waals surface area contributed by atoms with Crippen LogP contribution < -0.4 is 4.57 Å². The minimum Gasteiger partial charge on any atom is -0.214 e. The fourth-order valence-corrected chi connectivity index (χ4v) is 0.924. The largest absolute Gasteiger partial charge is 0.643 e. The summed E-state index contributed by atoms with van der Waals surface area (Å²) in [7, 11) is 14.8. The molecule has 0 aromatic carbocycles. The maximum atomic E-state index is 4.94. The van der Waals surface area contributed by atoms with Crippen LogP contribution in [0.25, 0.3) is 0 Å². The summed E-state index contributed by atoms with van der Waals surface area (Å²) >= 11 is -1.72. The molecule has 1 aromatic heterocycles. The lowest BCUT2D eigenvalue weighted by Crippen LogP contribution is -2.31. The summed E-state index contributed by atoms with van der Waals surface area (Å²) in [6.07, 6.45) is 6.75. The number of hydrogen-bond acceptors (Lipinski definition) is 0. The molecule has 0 aliphatic rings. The molecule has 1 nitrogen and oxygen atoms in total. The van der Waals surface area contributed by atoms with Crippen molar-refractivity contribution >= 4 is 41.5 Å². The van der Waals surface area contributed by atoms with Gasteiger partial charge >= 0.3 is 11.4 Å². The number of aromatic nitrogens is 1. The Balaban J connectivity index is 0.000000364. The van der Waals surface area contributed by atoms with Crippen molar-refractivity contribution in [3.05, 3.63) is 30.6 Å². The molecule has 0 saturated heterocycles. The SMILES string of the molecule is CCCC[n+]1ccccc1.[Cl][Al]([Cl])[Cl]. The van der Waals surface area contributed by atoms with Crippen molar-refractivity contribution in [2.24, 2.45) is 0 Å². The van der Waals surface area contributed by atoms with Gasteiger partial charge in [-0.15, -0.1) is 0 Å². The Hall–Kier alpha value is 0.552. The van der Waals surface area contributed by atoms with Gasteiger partial charge in [0.15, 0.2) is 12.4 Å². The van der Waals surface area contributed by atoms with Crippen LogP contribution in [-0.2, 0) is 6.54 Å². The standard InChI is InChI=1S/C9H14N.Al.3ClH/c1-2-3-7-10-8-5-4-6-9-10;;;;/h4-6,8-9H,2-3,7H2,1H3;;3*1H/q+1;+3;;;/p-3. The van der Waals surface area contributed by atoms with Crippen LogP contribution in [0.2, 0.25) is 0 Å². The molecule has 1 heterocycles. The Morgan fingerprint density at radius 2 is 1.57 bits per heavy atom. The molecule has 14 heavy (non-hydrogen) atoms. The lowest BCUT2D eigenvalue weighted by atomic mass is 10.3. The van der Waals surface area contributed by atoms with Gasteiger partial charge in [-0.2, -0.15) is 0 Å². The van der Waals surface area contributed by atoms with Crippen LogP contribution in [0, 0.1) is 0 Å². The van der Waals surface area contributed by atoms with Crippen LogP contribution >= 0.6 is 30.1 Å². The zero-order chi connectivity index (χ0) is 10.8. The Bertz CT molecular complexity index is 216. The topological polar surface area (TPSA) is 3.88 Å². The second-order valence-corrected chi connectivity index (χ2v) is 9.15. The molecule has 0 amide bonds. The van der Waals surface area contributed by atoms with Crippen molar-refractivity contribution in [3.8, 4) is 0 Å². The molecule has 0 spiro atoms. The van der Waals surface area contributed by atoms with Crippen LogP contribution in [0.3, 0.4) is 0 Å². The summed E-state index contributed by atoms with van der Waals surface area (Å²) in [5, 5.41) is 0. The van der Waals surface area contributed by atoms with E-state index in [1.165, 1.54) is 12.8 Å². The summed E-state index contributed by atoms with van der Waals surface area (Å²) in [5.41, 5.74) is 0. The molecule has 1 aromatic rings. The van der Waals surface area contributed by atoms with Gasteiger partial charge in [-0.25, -0.2) is 34.7 Å². The molecule has 0 N–H and O–H groups in total. The van der Waals surface area contributed by atoms with Crippen LogP contribution in [0.5, 0.6) is 0 Å². The summed E-state index contributed by atoms with van der Waals surface area (Å²) in [4.78, 5) is 0. The van der Waals surface area contributed by atoms with E-state index < -0.39 is 11.4 Å². The van der Waals surface area contributed by atoms with Crippen molar-refractivity contribution in [1.29, 1.82) is 0 Å². The molecule has 78 valence electrons. The summed E-state index contributed by atoms with van der Waals surface area (Å²) in [5.74, 6) is 0. The van der Waals surface area contributed by atoms with Gasteiger partial charge in [0, 0.05) is 18.6 Å². The lowest BCUT2D eigenvalue weighted by molar-refractivity contribution is -0.697. The first-order valence-electron chi connectivity index (χ1n) is 4.53. The van der Waals surface area contributed by atoms with Crippen LogP contribution in [0.4, 0.5) is 0 Å². The van der Waals surface area contributed by atoms with Crippen LogP contribution in [0.15, 0.2) is 30.6 Å². The highest BCUT2D eigenvalue weighted by Crippen LogP contribution is 1.97. The molecule has 0 aliphatic heterocycles. The maximum Gasteiger partial charge on any atom is 0.643 e. The Labute approximate surface area is 103 Å². The van der Waals surface area contributed by atoms with Crippen molar-refractivity contribution in [1.82, 2.24) is 0 Å². The normalized spacial score (nSPS) is 8.86. The third kappa shape index (κ3) is 10.6. The van der Waals surface area contributed by atoms with Crippen molar-refractivity contribution in [2.45, 2.75) is 26.3 Å².